The van der Waals surface area contributed by atoms with E-state index in [1.165, 1.54) is 24.0 Å². The van der Waals surface area contributed by atoms with E-state index in [-0.39, 0.29) is 0 Å². The number of nitrogens with two attached hydrogens (primary N) is 1. The zero-order valence-electron chi connectivity index (χ0n) is 11.7. The zero-order valence-corrected chi connectivity index (χ0v) is 11.7. The molecule has 3 rings (SSSR count). The van der Waals surface area contributed by atoms with Gasteiger partial charge in [0.15, 0.2) is 0 Å². The minimum Gasteiger partial charge on any atom is -0.496 e. The normalized spacial score (nSPS) is 13.1. The molecule has 20 heavy (non-hydrogen) atoms. The van der Waals surface area contributed by atoms with Gasteiger partial charge in [-0.15, -0.1) is 0 Å². The maximum absolute atomic E-state index is 5.88. The van der Waals surface area contributed by atoms with E-state index in [9.17, 15) is 0 Å². The van der Waals surface area contributed by atoms with Crippen LogP contribution in [0.15, 0.2) is 36.4 Å². The largest absolute Gasteiger partial charge is 0.496 e. The third-order valence-corrected chi connectivity index (χ3v) is 3.77. The number of anilines is 1. The first-order valence-electron chi connectivity index (χ1n) is 6.93. The van der Waals surface area contributed by atoms with Crippen LogP contribution in [0.4, 0.5) is 5.69 Å². The first-order valence-corrected chi connectivity index (χ1v) is 6.93. The van der Waals surface area contributed by atoms with Gasteiger partial charge in [0.25, 0.3) is 0 Å². The van der Waals surface area contributed by atoms with E-state index in [1.807, 2.05) is 24.3 Å². The van der Waals surface area contributed by atoms with Crippen molar-refractivity contribution in [1.29, 1.82) is 0 Å². The van der Waals surface area contributed by atoms with Crippen molar-refractivity contribution < 1.29 is 9.47 Å². The summed E-state index contributed by atoms with van der Waals surface area (Å²) in [5.74, 6) is 1.72. The van der Waals surface area contributed by atoms with Crippen LogP contribution >= 0.6 is 0 Å². The quantitative estimate of drug-likeness (QED) is 0.866. The SMILES string of the molecule is COc1ccc(N)cc1COc1ccc2c(c1)CCC2. The first-order chi connectivity index (χ1) is 9.76. The van der Waals surface area contributed by atoms with Gasteiger partial charge in [0.05, 0.1) is 7.11 Å². The number of fused-ring (bicyclic) bond motifs is 1. The fourth-order valence-electron chi connectivity index (χ4n) is 2.71. The van der Waals surface area contributed by atoms with Gasteiger partial charge in [-0.3, -0.25) is 0 Å². The molecular weight excluding hydrogens is 250 g/mol. The molecule has 3 nitrogen and oxygen atoms in total. The summed E-state index contributed by atoms with van der Waals surface area (Å²) in [6.45, 7) is 0.465. The van der Waals surface area contributed by atoms with Crippen molar-refractivity contribution in [3.05, 3.63) is 53.1 Å². The molecule has 0 saturated heterocycles. The number of rotatable bonds is 4. The zero-order chi connectivity index (χ0) is 13.9. The Labute approximate surface area is 119 Å². The lowest BCUT2D eigenvalue weighted by Gasteiger charge is -2.12. The van der Waals surface area contributed by atoms with Gasteiger partial charge < -0.3 is 15.2 Å². The van der Waals surface area contributed by atoms with E-state index in [0.717, 1.165) is 29.2 Å². The molecule has 0 fully saturated rings. The Kier molecular flexibility index (Phi) is 3.50. The van der Waals surface area contributed by atoms with Crippen LogP contribution in [0.2, 0.25) is 0 Å². The van der Waals surface area contributed by atoms with Gasteiger partial charge in [0.1, 0.15) is 18.1 Å². The monoisotopic (exact) mass is 269 g/mol. The summed E-state index contributed by atoms with van der Waals surface area (Å²) >= 11 is 0. The Hall–Kier alpha value is -2.16. The van der Waals surface area contributed by atoms with E-state index >= 15 is 0 Å². The third kappa shape index (κ3) is 2.57. The minimum atomic E-state index is 0.465. The molecule has 0 aliphatic heterocycles. The molecule has 0 aromatic heterocycles. The van der Waals surface area contributed by atoms with Crippen molar-refractivity contribution in [2.24, 2.45) is 0 Å². The highest BCUT2D eigenvalue weighted by Crippen LogP contribution is 2.27. The van der Waals surface area contributed by atoms with Crippen molar-refractivity contribution in [3.8, 4) is 11.5 Å². The molecule has 0 heterocycles. The highest BCUT2D eigenvalue weighted by atomic mass is 16.5. The van der Waals surface area contributed by atoms with Crippen molar-refractivity contribution in [2.75, 3.05) is 12.8 Å². The lowest BCUT2D eigenvalue weighted by atomic mass is 10.1. The maximum atomic E-state index is 5.88. The van der Waals surface area contributed by atoms with Gasteiger partial charge in [-0.2, -0.15) is 0 Å². The molecule has 3 heteroatoms. The number of nitrogen functional groups attached to an aromatic ring is 1. The Morgan fingerprint density at radius 2 is 1.90 bits per heavy atom. The first kappa shape index (κ1) is 12.9. The van der Waals surface area contributed by atoms with E-state index in [0.29, 0.717) is 6.61 Å². The summed E-state index contributed by atoms with van der Waals surface area (Å²) < 4.78 is 11.2. The predicted molar refractivity (Wildman–Crippen MR) is 80.2 cm³/mol. The highest BCUT2D eigenvalue weighted by Gasteiger charge is 2.11. The Balaban J connectivity index is 1.75. The average molecular weight is 269 g/mol. The number of aryl methyl sites for hydroxylation is 2. The van der Waals surface area contributed by atoms with Crippen LogP contribution in [0.5, 0.6) is 11.5 Å². The summed E-state index contributed by atoms with van der Waals surface area (Å²) in [5, 5.41) is 0. The molecule has 2 N–H and O–H groups in total. The average Bonchev–Trinajstić information content (AvgIpc) is 2.92. The van der Waals surface area contributed by atoms with E-state index in [1.54, 1.807) is 7.11 Å². The van der Waals surface area contributed by atoms with Crippen LogP contribution in [0.1, 0.15) is 23.1 Å². The van der Waals surface area contributed by atoms with Crippen LogP contribution in [-0.4, -0.2) is 7.11 Å². The van der Waals surface area contributed by atoms with Crippen LogP contribution in [0.25, 0.3) is 0 Å². The molecule has 0 unspecified atom stereocenters. The molecule has 0 radical (unpaired) electrons. The van der Waals surface area contributed by atoms with Crippen LogP contribution in [0, 0.1) is 0 Å². The van der Waals surface area contributed by atoms with Crippen LogP contribution in [0.3, 0.4) is 0 Å². The summed E-state index contributed by atoms with van der Waals surface area (Å²) in [7, 11) is 1.66. The predicted octanol–water partition coefficient (Wildman–Crippen LogP) is 3.35. The van der Waals surface area contributed by atoms with Crippen molar-refractivity contribution in [3.63, 3.8) is 0 Å². The van der Waals surface area contributed by atoms with Crippen molar-refractivity contribution in [2.45, 2.75) is 25.9 Å². The molecule has 0 amide bonds. The highest BCUT2D eigenvalue weighted by molar-refractivity contribution is 5.48. The molecule has 0 bridgehead atoms. The fraction of sp³-hybridized carbons (Fsp3) is 0.294. The Morgan fingerprint density at radius 3 is 2.75 bits per heavy atom. The lowest BCUT2D eigenvalue weighted by molar-refractivity contribution is 0.296. The van der Waals surface area contributed by atoms with Gasteiger partial charge in [0.2, 0.25) is 0 Å². The lowest BCUT2D eigenvalue weighted by Crippen LogP contribution is -2.00. The van der Waals surface area contributed by atoms with Crippen molar-refractivity contribution in [1.82, 2.24) is 0 Å². The third-order valence-electron chi connectivity index (χ3n) is 3.77. The number of ether oxygens (including phenoxy) is 2. The Morgan fingerprint density at radius 1 is 1.05 bits per heavy atom. The standard InChI is InChI=1S/C17H19NO2/c1-19-17-8-6-15(18)9-14(17)11-20-16-7-5-12-3-2-4-13(12)10-16/h5-10H,2-4,11,18H2,1H3. The second kappa shape index (κ2) is 5.45. The fourth-order valence-corrected chi connectivity index (χ4v) is 2.71. The van der Waals surface area contributed by atoms with Crippen LogP contribution < -0.4 is 15.2 Å². The van der Waals surface area contributed by atoms with Crippen LogP contribution in [-0.2, 0) is 19.4 Å². The maximum Gasteiger partial charge on any atom is 0.125 e. The molecule has 2 aromatic rings. The summed E-state index contributed by atoms with van der Waals surface area (Å²) in [4.78, 5) is 0. The van der Waals surface area contributed by atoms with Gasteiger partial charge in [-0.25, -0.2) is 0 Å². The van der Waals surface area contributed by atoms with Gasteiger partial charge >= 0.3 is 0 Å². The molecule has 0 saturated carbocycles. The molecule has 0 atom stereocenters. The summed E-state index contributed by atoms with van der Waals surface area (Å²) in [6.07, 6.45) is 3.61. The number of benzene rings is 2. The second-order valence-electron chi connectivity index (χ2n) is 5.14. The molecule has 1 aliphatic rings. The number of methoxy groups -OCH3 is 1. The smallest absolute Gasteiger partial charge is 0.125 e. The van der Waals surface area contributed by atoms with Crippen molar-refractivity contribution >= 4 is 5.69 Å². The topological polar surface area (TPSA) is 44.5 Å². The molecule has 0 spiro atoms. The second-order valence-corrected chi connectivity index (χ2v) is 5.14. The van der Waals surface area contributed by atoms with Gasteiger partial charge in [0, 0.05) is 11.3 Å². The summed E-state index contributed by atoms with van der Waals surface area (Å²) in [5.41, 5.74) is 10.4. The number of hydrogen-bond donors (Lipinski definition) is 1. The van der Waals surface area contributed by atoms with Gasteiger partial charge in [-0.05, 0) is 60.7 Å². The molecule has 1 aliphatic carbocycles. The minimum absolute atomic E-state index is 0.465. The van der Waals surface area contributed by atoms with E-state index < -0.39 is 0 Å². The summed E-state index contributed by atoms with van der Waals surface area (Å²) in [6, 6.07) is 12.0. The van der Waals surface area contributed by atoms with E-state index in [2.05, 4.69) is 12.1 Å². The van der Waals surface area contributed by atoms with E-state index in [4.69, 9.17) is 15.2 Å². The molecule has 104 valence electrons. The molecular formula is C17H19NO2. The van der Waals surface area contributed by atoms with Gasteiger partial charge in [-0.1, -0.05) is 6.07 Å². The number of hydrogen-bond acceptors (Lipinski definition) is 3. The Bertz CT molecular complexity index is 622. The molecule has 2 aromatic carbocycles.